The summed E-state index contributed by atoms with van der Waals surface area (Å²) in [5, 5.41) is 12.3. The molecule has 1 aromatic rings. The molecule has 5 heteroatoms. The number of aliphatic hydroxyl groups is 1. The highest BCUT2D eigenvalue weighted by Gasteiger charge is 2.26. The lowest BCUT2D eigenvalue weighted by atomic mass is 9.94. The van der Waals surface area contributed by atoms with Gasteiger partial charge in [-0.05, 0) is 25.0 Å². The van der Waals surface area contributed by atoms with Gasteiger partial charge in [-0.25, -0.2) is 0 Å². The summed E-state index contributed by atoms with van der Waals surface area (Å²) in [4.78, 5) is 16.8. The Bertz CT molecular complexity index is 358. The van der Waals surface area contributed by atoms with E-state index >= 15 is 0 Å². The molecule has 0 fully saturated rings. The highest BCUT2D eigenvalue weighted by Crippen LogP contribution is 2.18. The molecule has 0 aromatic carbocycles. The van der Waals surface area contributed by atoms with Gasteiger partial charge in [0, 0.05) is 17.3 Å². The average Bonchev–Trinajstić information content (AvgIpc) is 2.44. The molecule has 100 valence electrons. The van der Waals surface area contributed by atoms with E-state index in [1.165, 1.54) is 11.8 Å². The summed E-state index contributed by atoms with van der Waals surface area (Å²) in [6.07, 6.45) is 4.87. The van der Waals surface area contributed by atoms with Gasteiger partial charge in [0.05, 0.1) is 17.9 Å². The van der Waals surface area contributed by atoms with Crippen molar-refractivity contribution in [2.75, 3.05) is 12.4 Å². The van der Waals surface area contributed by atoms with Crippen molar-refractivity contribution in [1.82, 2.24) is 10.3 Å². The van der Waals surface area contributed by atoms with Crippen LogP contribution < -0.4 is 5.32 Å². The molecule has 1 aromatic heterocycles. The number of hydrogen-bond donors (Lipinski definition) is 2. The third kappa shape index (κ3) is 4.31. The molecular formula is C13H20N2O2S. The minimum Gasteiger partial charge on any atom is -0.394 e. The standard InChI is InChI=1S/C13H20N2O2S/c1-3-13(4-2,10-16)15-12(17)9-18-11-5-7-14-8-6-11/h5-8,16H,3-4,9-10H2,1-2H3,(H,15,17). The van der Waals surface area contributed by atoms with Gasteiger partial charge in [-0.3, -0.25) is 9.78 Å². The first-order chi connectivity index (χ1) is 8.65. The summed E-state index contributed by atoms with van der Waals surface area (Å²) >= 11 is 1.47. The van der Waals surface area contributed by atoms with Gasteiger partial charge < -0.3 is 10.4 Å². The SMILES string of the molecule is CCC(CC)(CO)NC(=O)CSc1ccncc1. The van der Waals surface area contributed by atoms with Crippen LogP contribution in [0.15, 0.2) is 29.4 Å². The maximum absolute atomic E-state index is 11.8. The van der Waals surface area contributed by atoms with E-state index in [4.69, 9.17) is 0 Å². The number of aromatic nitrogens is 1. The van der Waals surface area contributed by atoms with E-state index in [1.54, 1.807) is 12.4 Å². The van der Waals surface area contributed by atoms with Crippen LogP contribution in [-0.4, -0.2) is 33.9 Å². The first kappa shape index (κ1) is 15.0. The third-order valence-electron chi connectivity index (χ3n) is 3.08. The third-order valence-corrected chi connectivity index (χ3v) is 4.09. The Morgan fingerprint density at radius 1 is 1.39 bits per heavy atom. The quantitative estimate of drug-likeness (QED) is 0.741. The first-order valence-corrected chi connectivity index (χ1v) is 7.09. The largest absolute Gasteiger partial charge is 0.394 e. The Morgan fingerprint density at radius 2 is 2.00 bits per heavy atom. The van der Waals surface area contributed by atoms with Crippen molar-refractivity contribution in [3.05, 3.63) is 24.5 Å². The summed E-state index contributed by atoms with van der Waals surface area (Å²) in [5.74, 6) is 0.306. The second kappa shape index (κ2) is 7.38. The number of amides is 1. The monoisotopic (exact) mass is 268 g/mol. The van der Waals surface area contributed by atoms with E-state index in [1.807, 2.05) is 26.0 Å². The number of carbonyl (C=O) groups excluding carboxylic acids is 1. The number of carbonyl (C=O) groups is 1. The van der Waals surface area contributed by atoms with E-state index in [-0.39, 0.29) is 12.5 Å². The van der Waals surface area contributed by atoms with Gasteiger partial charge in [0.25, 0.3) is 0 Å². The number of hydrogen-bond acceptors (Lipinski definition) is 4. The molecule has 0 unspecified atom stereocenters. The van der Waals surface area contributed by atoms with Crippen LogP contribution in [0.1, 0.15) is 26.7 Å². The topological polar surface area (TPSA) is 62.2 Å². The second-order valence-electron chi connectivity index (χ2n) is 4.17. The lowest BCUT2D eigenvalue weighted by Gasteiger charge is -2.30. The smallest absolute Gasteiger partial charge is 0.230 e. The van der Waals surface area contributed by atoms with Gasteiger partial charge in [0.2, 0.25) is 5.91 Å². The molecule has 0 aliphatic heterocycles. The first-order valence-electron chi connectivity index (χ1n) is 6.10. The minimum atomic E-state index is -0.476. The molecule has 1 rings (SSSR count). The van der Waals surface area contributed by atoms with Gasteiger partial charge in [0.15, 0.2) is 0 Å². The molecule has 2 N–H and O–H groups in total. The van der Waals surface area contributed by atoms with Crippen molar-refractivity contribution >= 4 is 17.7 Å². The summed E-state index contributed by atoms with van der Waals surface area (Å²) in [6, 6.07) is 3.74. The number of thioether (sulfide) groups is 1. The van der Waals surface area contributed by atoms with Crippen LogP contribution in [0.25, 0.3) is 0 Å². The number of aliphatic hydroxyl groups excluding tert-OH is 1. The van der Waals surface area contributed by atoms with Crippen molar-refractivity contribution < 1.29 is 9.90 Å². The summed E-state index contributed by atoms with van der Waals surface area (Å²) in [6.45, 7) is 3.91. The number of nitrogens with one attached hydrogen (secondary N) is 1. The Kier molecular flexibility index (Phi) is 6.15. The van der Waals surface area contributed by atoms with E-state index < -0.39 is 5.54 Å². The lowest BCUT2D eigenvalue weighted by molar-refractivity contribution is -0.121. The molecule has 0 aliphatic carbocycles. The molecule has 0 bridgehead atoms. The van der Waals surface area contributed by atoms with E-state index in [0.29, 0.717) is 5.75 Å². The van der Waals surface area contributed by atoms with Gasteiger partial charge in [-0.1, -0.05) is 13.8 Å². The molecule has 4 nitrogen and oxygen atoms in total. The second-order valence-corrected chi connectivity index (χ2v) is 5.21. The molecule has 1 heterocycles. The van der Waals surface area contributed by atoms with Crippen LogP contribution in [0.5, 0.6) is 0 Å². The molecular weight excluding hydrogens is 248 g/mol. The molecule has 0 saturated heterocycles. The van der Waals surface area contributed by atoms with Crippen LogP contribution in [0.4, 0.5) is 0 Å². The van der Waals surface area contributed by atoms with Crippen LogP contribution >= 0.6 is 11.8 Å². The van der Waals surface area contributed by atoms with Gasteiger partial charge >= 0.3 is 0 Å². The summed E-state index contributed by atoms with van der Waals surface area (Å²) < 4.78 is 0. The predicted molar refractivity (Wildman–Crippen MR) is 73.5 cm³/mol. The molecule has 0 aliphatic rings. The van der Waals surface area contributed by atoms with Crippen molar-refractivity contribution in [1.29, 1.82) is 0 Å². The van der Waals surface area contributed by atoms with Crippen molar-refractivity contribution in [3.63, 3.8) is 0 Å². The van der Waals surface area contributed by atoms with E-state index in [9.17, 15) is 9.90 Å². The predicted octanol–water partition coefficient (Wildman–Crippen LogP) is 1.84. The maximum Gasteiger partial charge on any atom is 0.230 e. The highest BCUT2D eigenvalue weighted by atomic mass is 32.2. The van der Waals surface area contributed by atoms with Crippen LogP contribution in [0.2, 0.25) is 0 Å². The van der Waals surface area contributed by atoms with Crippen LogP contribution in [0, 0.1) is 0 Å². The lowest BCUT2D eigenvalue weighted by Crippen LogP contribution is -2.51. The number of rotatable bonds is 7. The van der Waals surface area contributed by atoms with Crippen LogP contribution in [-0.2, 0) is 4.79 Å². The maximum atomic E-state index is 11.8. The average molecular weight is 268 g/mol. The van der Waals surface area contributed by atoms with Crippen LogP contribution in [0.3, 0.4) is 0 Å². The van der Waals surface area contributed by atoms with E-state index in [0.717, 1.165) is 17.7 Å². The normalized spacial score (nSPS) is 11.3. The molecule has 1 amide bonds. The fourth-order valence-corrected chi connectivity index (χ4v) is 2.29. The summed E-state index contributed by atoms with van der Waals surface area (Å²) in [5.41, 5.74) is -0.476. The fourth-order valence-electron chi connectivity index (χ4n) is 1.61. The Balaban J connectivity index is 2.46. The fraction of sp³-hybridized carbons (Fsp3) is 0.538. The molecule has 0 radical (unpaired) electrons. The number of nitrogens with zero attached hydrogens (tertiary/aromatic N) is 1. The zero-order valence-electron chi connectivity index (χ0n) is 10.8. The van der Waals surface area contributed by atoms with Crippen molar-refractivity contribution in [2.45, 2.75) is 37.1 Å². The zero-order chi connectivity index (χ0) is 13.4. The Morgan fingerprint density at radius 3 is 2.50 bits per heavy atom. The highest BCUT2D eigenvalue weighted by molar-refractivity contribution is 8.00. The van der Waals surface area contributed by atoms with Gasteiger partial charge in [0.1, 0.15) is 0 Å². The Labute approximate surface area is 112 Å². The molecule has 0 spiro atoms. The van der Waals surface area contributed by atoms with Crippen molar-refractivity contribution in [2.24, 2.45) is 0 Å². The number of pyridine rings is 1. The van der Waals surface area contributed by atoms with E-state index in [2.05, 4.69) is 10.3 Å². The van der Waals surface area contributed by atoms with Crippen molar-refractivity contribution in [3.8, 4) is 0 Å². The molecule has 0 atom stereocenters. The zero-order valence-corrected chi connectivity index (χ0v) is 11.7. The summed E-state index contributed by atoms with van der Waals surface area (Å²) in [7, 11) is 0. The molecule has 18 heavy (non-hydrogen) atoms. The molecule has 0 saturated carbocycles. The van der Waals surface area contributed by atoms with Gasteiger partial charge in [-0.2, -0.15) is 0 Å². The van der Waals surface area contributed by atoms with Gasteiger partial charge in [-0.15, -0.1) is 11.8 Å². The minimum absolute atomic E-state index is 0.0222. The Hall–Kier alpha value is -1.07.